The van der Waals surface area contributed by atoms with Crippen LogP contribution in [-0.2, 0) is 11.3 Å². The largest absolute Gasteiger partial charge is 1.00 e. The molecular formula is C28H33FN3NaO5. The fraction of sp³-hybridized carbons (Fsp3) is 0.321. The Morgan fingerprint density at radius 2 is 1.79 bits per heavy atom. The summed E-state index contributed by atoms with van der Waals surface area (Å²) < 4.78 is 15.1. The molecule has 2 atom stereocenters. The van der Waals surface area contributed by atoms with Crippen LogP contribution in [0.4, 0.5) is 4.39 Å². The van der Waals surface area contributed by atoms with Crippen molar-refractivity contribution < 1.29 is 60.3 Å². The van der Waals surface area contributed by atoms with Gasteiger partial charge in [-0.15, -0.1) is 0 Å². The summed E-state index contributed by atoms with van der Waals surface area (Å²) in [4.78, 5) is 24.1. The zero-order valence-electron chi connectivity index (χ0n) is 23.1. The Hall–Kier alpha value is -2.82. The number of aliphatic hydroxyl groups is 2. The van der Waals surface area contributed by atoms with Gasteiger partial charge >= 0.3 is 35.5 Å². The fourth-order valence-electron chi connectivity index (χ4n) is 4.03. The van der Waals surface area contributed by atoms with Crippen LogP contribution in [0.1, 0.15) is 66.9 Å². The predicted molar refractivity (Wildman–Crippen MR) is 139 cm³/mol. The third-order valence-corrected chi connectivity index (χ3v) is 5.92. The molecule has 4 N–H and O–H groups in total. The van der Waals surface area contributed by atoms with Crippen LogP contribution in [0.2, 0.25) is 0 Å². The van der Waals surface area contributed by atoms with Crippen molar-refractivity contribution in [3.63, 3.8) is 0 Å². The van der Waals surface area contributed by atoms with Crippen LogP contribution in [0.5, 0.6) is 0 Å². The van der Waals surface area contributed by atoms with Crippen molar-refractivity contribution in [1.29, 1.82) is 0 Å². The quantitative estimate of drug-likeness (QED) is 0.274. The second kappa shape index (κ2) is 14.4. The molecular weight excluding hydrogens is 500 g/mol. The third kappa shape index (κ3) is 8.34. The van der Waals surface area contributed by atoms with Gasteiger partial charge in [0.15, 0.2) is 5.69 Å². The van der Waals surface area contributed by atoms with Gasteiger partial charge in [-0.05, 0) is 54.3 Å². The van der Waals surface area contributed by atoms with Crippen molar-refractivity contribution in [2.24, 2.45) is 0 Å². The molecule has 3 rings (SSSR count). The average Bonchev–Trinajstić information content (AvgIpc) is 3.22. The monoisotopic (exact) mass is 533 g/mol. The normalized spacial score (nSPS) is 12.8. The second-order valence-corrected chi connectivity index (χ2v) is 9.21. The molecule has 2 aromatic carbocycles. The first-order valence-corrected chi connectivity index (χ1v) is 12.0. The van der Waals surface area contributed by atoms with E-state index in [2.05, 4.69) is 10.4 Å². The first kappa shape index (κ1) is 31.4. The number of aliphatic carboxylic acids is 1. The number of aromatic nitrogens is 2. The average molecular weight is 534 g/mol. The minimum absolute atomic E-state index is 0. The Kier molecular flexibility index (Phi) is 11.9. The van der Waals surface area contributed by atoms with E-state index in [4.69, 9.17) is 5.11 Å². The molecule has 0 saturated heterocycles. The number of hydrogen-bond donors (Lipinski definition) is 4. The molecule has 0 aliphatic rings. The van der Waals surface area contributed by atoms with E-state index in [9.17, 15) is 24.2 Å². The summed E-state index contributed by atoms with van der Waals surface area (Å²) >= 11 is 0. The molecule has 0 spiro atoms. The molecule has 0 saturated carbocycles. The predicted octanol–water partition coefficient (Wildman–Crippen LogP) is 1.09. The van der Waals surface area contributed by atoms with Gasteiger partial charge in [0.25, 0.3) is 5.91 Å². The van der Waals surface area contributed by atoms with Gasteiger partial charge in [0.2, 0.25) is 0 Å². The van der Waals surface area contributed by atoms with Gasteiger partial charge in [0.1, 0.15) is 5.82 Å². The standard InChI is InChI=1S/C28H32FN3O5.Na.H/c1-17(2)26-24(13-12-22(33)14-23(34)15-25(35)36)32(21-10-8-20(29)9-11-21)31-27(26)28(37)30-16-19-7-5-4-6-18(19)3;;/h4-13,17,22-23,33-34H,14-16H2,1-3H3,(H,30,37)(H,35,36);;/q;+1;-1/b13-12+;;/t22-,23+;;/m0../s1. The molecule has 0 bridgehead atoms. The van der Waals surface area contributed by atoms with Crippen LogP contribution in [0.3, 0.4) is 0 Å². The molecule has 1 amide bonds. The van der Waals surface area contributed by atoms with Gasteiger partial charge in [0, 0.05) is 18.5 Å². The number of rotatable bonds is 11. The van der Waals surface area contributed by atoms with Crippen LogP contribution in [-0.4, -0.2) is 49.2 Å². The number of carboxylic acid groups (broad SMARTS) is 1. The van der Waals surface area contributed by atoms with Crippen molar-refractivity contribution in [2.45, 2.75) is 58.3 Å². The zero-order valence-corrected chi connectivity index (χ0v) is 24.1. The Morgan fingerprint density at radius 3 is 2.39 bits per heavy atom. The maximum atomic E-state index is 13.6. The van der Waals surface area contributed by atoms with Gasteiger partial charge in [-0.2, -0.15) is 5.10 Å². The van der Waals surface area contributed by atoms with E-state index < -0.39 is 30.4 Å². The number of aryl methyl sites for hydroxylation is 1. The number of nitrogens with one attached hydrogen (secondary N) is 1. The topological polar surface area (TPSA) is 125 Å². The number of aliphatic hydroxyl groups excluding tert-OH is 2. The van der Waals surface area contributed by atoms with Gasteiger partial charge in [0.05, 0.1) is 30.0 Å². The molecule has 38 heavy (non-hydrogen) atoms. The number of carbonyl (C=O) groups is 2. The van der Waals surface area contributed by atoms with E-state index in [1.807, 2.05) is 45.0 Å². The van der Waals surface area contributed by atoms with Crippen molar-refractivity contribution in [3.05, 3.63) is 88.5 Å². The van der Waals surface area contributed by atoms with E-state index in [-0.39, 0.29) is 54.9 Å². The summed E-state index contributed by atoms with van der Waals surface area (Å²) in [5.41, 5.74) is 3.87. The number of benzene rings is 2. The fourth-order valence-corrected chi connectivity index (χ4v) is 4.03. The summed E-state index contributed by atoms with van der Waals surface area (Å²) in [6.07, 6.45) is -0.00381. The van der Waals surface area contributed by atoms with Crippen molar-refractivity contribution in [1.82, 2.24) is 15.1 Å². The SMILES string of the molecule is Cc1ccccc1CNC(=O)c1nn(-c2ccc(F)cc2)c(/C=C/[C@H](O)C[C@@H](O)CC(=O)O)c1C(C)C.[H-].[Na+]. The van der Waals surface area contributed by atoms with E-state index in [0.717, 1.165) is 11.1 Å². The van der Waals surface area contributed by atoms with Crippen molar-refractivity contribution in [3.8, 4) is 5.69 Å². The van der Waals surface area contributed by atoms with Crippen LogP contribution in [0.25, 0.3) is 11.8 Å². The molecule has 0 aliphatic heterocycles. The number of amides is 1. The van der Waals surface area contributed by atoms with Crippen molar-refractivity contribution >= 4 is 18.0 Å². The molecule has 1 heterocycles. The Labute approximate surface area is 245 Å². The smallest absolute Gasteiger partial charge is 1.00 e. The molecule has 10 heteroatoms. The minimum atomic E-state index is -1.22. The molecule has 0 fully saturated rings. The zero-order chi connectivity index (χ0) is 27.1. The van der Waals surface area contributed by atoms with E-state index >= 15 is 0 Å². The molecule has 198 valence electrons. The molecule has 1 aromatic heterocycles. The summed E-state index contributed by atoms with van der Waals surface area (Å²) in [7, 11) is 0. The first-order chi connectivity index (χ1) is 17.6. The van der Waals surface area contributed by atoms with Crippen LogP contribution in [0, 0.1) is 12.7 Å². The molecule has 8 nitrogen and oxygen atoms in total. The van der Waals surface area contributed by atoms with Gasteiger partial charge in [-0.25, -0.2) is 9.07 Å². The number of halogens is 1. The van der Waals surface area contributed by atoms with E-state index in [1.165, 1.54) is 35.0 Å². The Morgan fingerprint density at radius 1 is 1.13 bits per heavy atom. The molecule has 0 radical (unpaired) electrons. The number of hydrogen-bond acceptors (Lipinski definition) is 5. The van der Waals surface area contributed by atoms with Crippen LogP contribution in [0.15, 0.2) is 54.6 Å². The molecule has 0 aliphatic carbocycles. The van der Waals surface area contributed by atoms with E-state index in [1.54, 1.807) is 6.08 Å². The van der Waals surface area contributed by atoms with Crippen LogP contribution >= 0.6 is 0 Å². The summed E-state index contributed by atoms with van der Waals surface area (Å²) in [6, 6.07) is 13.4. The van der Waals surface area contributed by atoms with Gasteiger partial charge in [-0.3, -0.25) is 9.59 Å². The van der Waals surface area contributed by atoms with Crippen molar-refractivity contribution in [2.75, 3.05) is 0 Å². The Bertz CT molecular complexity index is 1280. The molecule has 3 aromatic rings. The molecule has 0 unspecified atom stereocenters. The maximum absolute atomic E-state index is 13.6. The number of carbonyl (C=O) groups excluding carboxylic acids is 1. The number of carboxylic acids is 1. The van der Waals surface area contributed by atoms with E-state index in [0.29, 0.717) is 23.5 Å². The van der Waals surface area contributed by atoms with Gasteiger partial charge in [-0.1, -0.05) is 44.2 Å². The number of nitrogens with zero attached hydrogens (tertiary/aromatic N) is 2. The van der Waals surface area contributed by atoms with Crippen LogP contribution < -0.4 is 34.9 Å². The summed E-state index contributed by atoms with van der Waals surface area (Å²) in [5, 5.41) is 36.6. The third-order valence-electron chi connectivity index (χ3n) is 5.92. The summed E-state index contributed by atoms with van der Waals surface area (Å²) in [6.45, 7) is 6.10. The summed E-state index contributed by atoms with van der Waals surface area (Å²) in [5.74, 6) is -2.10. The first-order valence-electron chi connectivity index (χ1n) is 12.0. The second-order valence-electron chi connectivity index (χ2n) is 9.21. The van der Waals surface area contributed by atoms with Gasteiger partial charge < -0.3 is 22.1 Å². The minimum Gasteiger partial charge on any atom is -1.00 e. The Balaban J connectivity index is 0.00000380. The maximum Gasteiger partial charge on any atom is 1.00 e.